The summed E-state index contributed by atoms with van der Waals surface area (Å²) in [6.07, 6.45) is 7.68. The summed E-state index contributed by atoms with van der Waals surface area (Å²) in [6.45, 7) is 4.71. The summed E-state index contributed by atoms with van der Waals surface area (Å²) >= 11 is 0. The number of carbonyl (C=O) groups is 1. The maximum absolute atomic E-state index is 13.0. The maximum atomic E-state index is 13.0. The Morgan fingerprint density at radius 2 is 2.00 bits per heavy atom. The van der Waals surface area contributed by atoms with Crippen LogP contribution in [0.1, 0.15) is 51.9 Å². The van der Waals surface area contributed by atoms with Crippen molar-refractivity contribution in [2.75, 3.05) is 26.3 Å². The molecule has 1 atom stereocenters. The molecule has 19 heavy (non-hydrogen) atoms. The lowest BCUT2D eigenvalue weighted by Gasteiger charge is -2.42. The molecule has 1 saturated heterocycles. The number of morpholine rings is 1. The Hall–Kier alpha value is -0.610. The first-order chi connectivity index (χ1) is 9.23. The Kier molecular flexibility index (Phi) is 5.22. The highest BCUT2D eigenvalue weighted by Crippen LogP contribution is 2.37. The molecule has 2 N–H and O–H groups in total. The quantitative estimate of drug-likeness (QED) is 0.796. The van der Waals surface area contributed by atoms with Gasteiger partial charge in [0.05, 0.1) is 24.7 Å². The van der Waals surface area contributed by atoms with Gasteiger partial charge in [0.15, 0.2) is 0 Å². The van der Waals surface area contributed by atoms with Crippen LogP contribution in [0.4, 0.5) is 0 Å². The number of amides is 1. The summed E-state index contributed by atoms with van der Waals surface area (Å²) in [7, 11) is 0. The average Bonchev–Trinajstić information content (AvgIpc) is 2.72. The lowest BCUT2D eigenvalue weighted by molar-refractivity contribution is -0.151. The van der Waals surface area contributed by atoms with Crippen LogP contribution in [0.15, 0.2) is 0 Å². The molecule has 1 aliphatic heterocycles. The van der Waals surface area contributed by atoms with Gasteiger partial charge < -0.3 is 15.4 Å². The van der Waals surface area contributed by atoms with Gasteiger partial charge >= 0.3 is 0 Å². The predicted molar refractivity (Wildman–Crippen MR) is 75.8 cm³/mol. The minimum absolute atomic E-state index is 0.243. The van der Waals surface area contributed by atoms with E-state index in [1.807, 2.05) is 0 Å². The summed E-state index contributed by atoms with van der Waals surface area (Å²) in [5.74, 6) is 0.298. The van der Waals surface area contributed by atoms with Gasteiger partial charge in [-0.1, -0.05) is 32.6 Å². The van der Waals surface area contributed by atoms with Gasteiger partial charge in [0.2, 0.25) is 5.91 Å². The highest BCUT2D eigenvalue weighted by Gasteiger charge is 2.42. The third kappa shape index (κ3) is 3.11. The van der Waals surface area contributed by atoms with Crippen molar-refractivity contribution in [1.29, 1.82) is 0 Å². The first kappa shape index (κ1) is 14.8. The van der Waals surface area contributed by atoms with Crippen LogP contribution in [0.3, 0.4) is 0 Å². The van der Waals surface area contributed by atoms with E-state index in [4.69, 9.17) is 10.5 Å². The van der Waals surface area contributed by atoms with Crippen molar-refractivity contribution in [3.8, 4) is 0 Å². The summed E-state index contributed by atoms with van der Waals surface area (Å²) in [5.41, 5.74) is 5.73. The molecule has 0 aromatic heterocycles. The molecule has 0 radical (unpaired) electrons. The lowest BCUT2D eigenvalue weighted by atomic mass is 9.78. The monoisotopic (exact) mass is 268 g/mol. The third-order valence-corrected chi connectivity index (χ3v) is 4.86. The van der Waals surface area contributed by atoms with Gasteiger partial charge in [0.1, 0.15) is 0 Å². The van der Waals surface area contributed by atoms with Crippen LogP contribution >= 0.6 is 0 Å². The standard InChI is InChI=1S/C15H28N2O2/c1-2-13-11-19-10-9-17(13)14(18)15(12-16)7-5-3-4-6-8-15/h13H,2-12,16H2,1H3. The van der Waals surface area contributed by atoms with Gasteiger partial charge in [-0.3, -0.25) is 4.79 Å². The van der Waals surface area contributed by atoms with Gasteiger partial charge in [-0.05, 0) is 19.3 Å². The fourth-order valence-electron chi connectivity index (χ4n) is 3.48. The second-order valence-corrected chi connectivity index (χ2v) is 6.03. The van der Waals surface area contributed by atoms with E-state index in [0.717, 1.165) is 38.6 Å². The topological polar surface area (TPSA) is 55.6 Å². The number of hydrogen-bond acceptors (Lipinski definition) is 3. The van der Waals surface area contributed by atoms with Crippen LogP contribution in [-0.4, -0.2) is 43.2 Å². The molecule has 1 amide bonds. The minimum Gasteiger partial charge on any atom is -0.377 e. The Morgan fingerprint density at radius 3 is 2.58 bits per heavy atom. The van der Waals surface area contributed by atoms with Crippen molar-refractivity contribution in [2.45, 2.75) is 57.9 Å². The van der Waals surface area contributed by atoms with Crippen molar-refractivity contribution in [1.82, 2.24) is 4.90 Å². The normalized spacial score (nSPS) is 27.9. The highest BCUT2D eigenvalue weighted by molar-refractivity contribution is 5.83. The van der Waals surface area contributed by atoms with Crippen molar-refractivity contribution in [3.63, 3.8) is 0 Å². The molecule has 4 heteroatoms. The molecule has 1 heterocycles. The van der Waals surface area contributed by atoms with Crippen molar-refractivity contribution < 1.29 is 9.53 Å². The molecule has 2 fully saturated rings. The molecule has 110 valence electrons. The molecule has 1 unspecified atom stereocenters. The van der Waals surface area contributed by atoms with Crippen LogP contribution in [-0.2, 0) is 9.53 Å². The minimum atomic E-state index is -0.290. The van der Waals surface area contributed by atoms with Crippen LogP contribution in [0.2, 0.25) is 0 Å². The zero-order chi connectivity index (χ0) is 13.7. The smallest absolute Gasteiger partial charge is 0.230 e. The maximum Gasteiger partial charge on any atom is 0.230 e. The Balaban J connectivity index is 2.13. The van der Waals surface area contributed by atoms with Gasteiger partial charge in [-0.2, -0.15) is 0 Å². The number of carbonyl (C=O) groups excluding carboxylic acids is 1. The van der Waals surface area contributed by atoms with Gasteiger partial charge in [0.25, 0.3) is 0 Å². The molecule has 2 aliphatic rings. The van der Waals surface area contributed by atoms with Crippen molar-refractivity contribution >= 4 is 5.91 Å². The SMILES string of the molecule is CCC1COCCN1C(=O)C1(CN)CCCCCC1. The van der Waals surface area contributed by atoms with Crippen LogP contribution in [0, 0.1) is 5.41 Å². The largest absolute Gasteiger partial charge is 0.377 e. The van der Waals surface area contributed by atoms with E-state index in [9.17, 15) is 4.79 Å². The molecule has 2 rings (SSSR count). The summed E-state index contributed by atoms with van der Waals surface area (Å²) in [4.78, 5) is 15.1. The second kappa shape index (κ2) is 6.71. The first-order valence-corrected chi connectivity index (χ1v) is 7.82. The van der Waals surface area contributed by atoms with E-state index in [1.165, 1.54) is 12.8 Å². The van der Waals surface area contributed by atoms with Gasteiger partial charge in [-0.15, -0.1) is 0 Å². The van der Waals surface area contributed by atoms with E-state index in [2.05, 4.69) is 11.8 Å². The second-order valence-electron chi connectivity index (χ2n) is 6.03. The molecule has 0 spiro atoms. The Labute approximate surface area is 116 Å². The van der Waals surface area contributed by atoms with Crippen molar-refractivity contribution in [3.05, 3.63) is 0 Å². The molecule has 4 nitrogen and oxygen atoms in total. The van der Waals surface area contributed by atoms with E-state index in [0.29, 0.717) is 25.7 Å². The highest BCUT2D eigenvalue weighted by atomic mass is 16.5. The number of nitrogens with zero attached hydrogens (tertiary/aromatic N) is 1. The molecule has 0 bridgehead atoms. The summed E-state index contributed by atoms with van der Waals surface area (Å²) in [6, 6.07) is 0.243. The Morgan fingerprint density at radius 1 is 1.32 bits per heavy atom. The van der Waals surface area contributed by atoms with E-state index in [1.54, 1.807) is 0 Å². The fourth-order valence-corrected chi connectivity index (χ4v) is 3.48. The van der Waals surface area contributed by atoms with E-state index in [-0.39, 0.29) is 11.5 Å². The summed E-state index contributed by atoms with van der Waals surface area (Å²) in [5, 5.41) is 0. The van der Waals surface area contributed by atoms with Gasteiger partial charge in [-0.25, -0.2) is 0 Å². The van der Waals surface area contributed by atoms with Crippen LogP contribution in [0.5, 0.6) is 0 Å². The Bertz CT molecular complexity index is 299. The third-order valence-electron chi connectivity index (χ3n) is 4.86. The van der Waals surface area contributed by atoms with Crippen LogP contribution < -0.4 is 5.73 Å². The molecule has 1 saturated carbocycles. The average molecular weight is 268 g/mol. The lowest BCUT2D eigenvalue weighted by Crippen LogP contribution is -2.55. The number of ether oxygens (including phenoxy) is 1. The molecular weight excluding hydrogens is 240 g/mol. The molecule has 0 aromatic rings. The van der Waals surface area contributed by atoms with E-state index < -0.39 is 0 Å². The summed E-state index contributed by atoms with van der Waals surface area (Å²) < 4.78 is 5.51. The van der Waals surface area contributed by atoms with Gasteiger partial charge in [0, 0.05) is 13.1 Å². The zero-order valence-corrected chi connectivity index (χ0v) is 12.2. The number of hydrogen-bond donors (Lipinski definition) is 1. The number of rotatable bonds is 3. The van der Waals surface area contributed by atoms with Crippen LogP contribution in [0.25, 0.3) is 0 Å². The van der Waals surface area contributed by atoms with Crippen molar-refractivity contribution in [2.24, 2.45) is 11.1 Å². The molecule has 1 aliphatic carbocycles. The molecule has 0 aromatic carbocycles. The fraction of sp³-hybridized carbons (Fsp3) is 0.933. The predicted octanol–water partition coefficient (Wildman–Crippen LogP) is 1.92. The number of nitrogens with two attached hydrogens (primary N) is 1. The first-order valence-electron chi connectivity index (χ1n) is 7.82. The van der Waals surface area contributed by atoms with E-state index >= 15 is 0 Å². The zero-order valence-electron chi connectivity index (χ0n) is 12.2. The molecular formula is C15H28N2O2.